The lowest BCUT2D eigenvalue weighted by Crippen LogP contribution is -2.31. The number of hydrogen-bond donors (Lipinski definition) is 1. The van der Waals surface area contributed by atoms with Crippen LogP contribution in [-0.2, 0) is 16.0 Å². The van der Waals surface area contributed by atoms with Gasteiger partial charge in [0.15, 0.2) is 0 Å². The second-order valence-electron chi connectivity index (χ2n) is 8.23. The standard InChI is InChI=1S/C28H25N3O3S/c1-18-7-6-9-21(15-18)30-26(32)23(17-29)28-31(24-10-5-4-8-19(24)2)27(33)25(35-28)16-20-11-13-22(34-3)14-12-20/h4-15,25H,16H2,1-3H3,(H,30,32). The number of hydrogen-bond acceptors (Lipinski definition) is 5. The molecule has 0 saturated carbocycles. The van der Waals surface area contributed by atoms with Crippen LogP contribution in [0.3, 0.4) is 0 Å². The van der Waals surface area contributed by atoms with E-state index in [1.807, 2.05) is 80.6 Å². The van der Waals surface area contributed by atoms with Crippen molar-refractivity contribution in [1.29, 1.82) is 5.26 Å². The molecule has 1 unspecified atom stereocenters. The van der Waals surface area contributed by atoms with Crippen LogP contribution in [0.2, 0.25) is 0 Å². The first-order valence-corrected chi connectivity index (χ1v) is 12.0. The summed E-state index contributed by atoms with van der Waals surface area (Å²) in [7, 11) is 1.60. The molecule has 0 bridgehead atoms. The molecule has 0 radical (unpaired) electrons. The number of nitriles is 1. The van der Waals surface area contributed by atoms with E-state index < -0.39 is 11.2 Å². The summed E-state index contributed by atoms with van der Waals surface area (Å²) in [5.41, 5.74) is 3.99. The monoisotopic (exact) mass is 483 g/mol. The molecule has 1 N–H and O–H groups in total. The van der Waals surface area contributed by atoms with Gasteiger partial charge in [0.25, 0.3) is 5.91 Å². The Morgan fingerprint density at radius 1 is 1.09 bits per heavy atom. The van der Waals surface area contributed by atoms with Gasteiger partial charge < -0.3 is 10.1 Å². The number of methoxy groups -OCH3 is 1. The molecule has 1 aliphatic rings. The fourth-order valence-corrected chi connectivity index (χ4v) is 5.21. The summed E-state index contributed by atoms with van der Waals surface area (Å²) in [6.07, 6.45) is 0.456. The fourth-order valence-electron chi connectivity index (χ4n) is 3.91. The van der Waals surface area contributed by atoms with Gasteiger partial charge in [-0.2, -0.15) is 5.26 Å². The number of amides is 2. The number of ether oxygens (including phenoxy) is 1. The van der Waals surface area contributed by atoms with Gasteiger partial charge in [-0.1, -0.05) is 54.2 Å². The maximum Gasteiger partial charge on any atom is 0.269 e. The summed E-state index contributed by atoms with van der Waals surface area (Å²) in [4.78, 5) is 28.4. The van der Waals surface area contributed by atoms with E-state index in [-0.39, 0.29) is 11.5 Å². The topological polar surface area (TPSA) is 82.4 Å². The normalized spacial score (nSPS) is 16.6. The maximum absolute atomic E-state index is 13.6. The SMILES string of the molecule is COc1ccc(CC2SC(=C(C#N)C(=O)Nc3cccc(C)c3)N(c3ccccc3C)C2=O)cc1. The number of para-hydroxylation sites is 1. The molecule has 4 rings (SSSR count). The second-order valence-corrected chi connectivity index (χ2v) is 9.43. The van der Waals surface area contributed by atoms with Gasteiger partial charge in [0.2, 0.25) is 5.91 Å². The quantitative estimate of drug-likeness (QED) is 0.376. The molecule has 0 aliphatic carbocycles. The molecule has 1 heterocycles. The number of thioether (sulfide) groups is 1. The Balaban J connectivity index is 1.72. The highest BCUT2D eigenvalue weighted by Gasteiger charge is 2.41. The minimum atomic E-state index is -0.544. The van der Waals surface area contributed by atoms with Crippen molar-refractivity contribution in [2.75, 3.05) is 17.3 Å². The lowest BCUT2D eigenvalue weighted by Gasteiger charge is -2.20. The van der Waals surface area contributed by atoms with Crippen LogP contribution in [0, 0.1) is 25.2 Å². The zero-order chi connectivity index (χ0) is 24.9. The van der Waals surface area contributed by atoms with Gasteiger partial charge in [-0.25, -0.2) is 0 Å². The number of carbonyl (C=O) groups is 2. The van der Waals surface area contributed by atoms with Crippen LogP contribution in [0.5, 0.6) is 5.75 Å². The van der Waals surface area contributed by atoms with Crippen LogP contribution in [0.4, 0.5) is 11.4 Å². The molecule has 7 heteroatoms. The van der Waals surface area contributed by atoms with E-state index in [1.165, 1.54) is 16.7 Å². The second kappa shape index (κ2) is 10.5. The Bertz CT molecular complexity index is 1340. The van der Waals surface area contributed by atoms with Crippen molar-refractivity contribution in [3.63, 3.8) is 0 Å². The van der Waals surface area contributed by atoms with Gasteiger partial charge >= 0.3 is 0 Å². The van der Waals surface area contributed by atoms with Crippen molar-refractivity contribution >= 4 is 35.0 Å². The minimum absolute atomic E-state index is 0.0923. The summed E-state index contributed by atoms with van der Waals surface area (Å²) in [5, 5.41) is 12.7. The zero-order valence-corrected chi connectivity index (χ0v) is 20.6. The third-order valence-corrected chi connectivity index (χ3v) is 6.98. The summed E-state index contributed by atoms with van der Waals surface area (Å²) in [6.45, 7) is 3.83. The van der Waals surface area contributed by atoms with Crippen LogP contribution in [0.1, 0.15) is 16.7 Å². The number of benzene rings is 3. The highest BCUT2D eigenvalue weighted by Crippen LogP contribution is 2.43. The van der Waals surface area contributed by atoms with Crippen LogP contribution in [0.25, 0.3) is 0 Å². The van der Waals surface area contributed by atoms with Crippen molar-refractivity contribution in [2.45, 2.75) is 25.5 Å². The molecule has 2 amide bonds. The molecule has 3 aromatic carbocycles. The minimum Gasteiger partial charge on any atom is -0.497 e. The van der Waals surface area contributed by atoms with Crippen molar-refractivity contribution in [3.8, 4) is 11.8 Å². The first-order valence-electron chi connectivity index (χ1n) is 11.1. The van der Waals surface area contributed by atoms with Crippen molar-refractivity contribution < 1.29 is 14.3 Å². The van der Waals surface area contributed by atoms with Crippen LogP contribution >= 0.6 is 11.8 Å². The first kappa shape index (κ1) is 24.1. The van der Waals surface area contributed by atoms with Gasteiger partial charge in [0.05, 0.1) is 18.0 Å². The lowest BCUT2D eigenvalue weighted by atomic mass is 10.1. The van der Waals surface area contributed by atoms with E-state index in [2.05, 4.69) is 11.4 Å². The number of nitrogens with one attached hydrogen (secondary N) is 1. The van der Waals surface area contributed by atoms with Crippen LogP contribution in [0.15, 0.2) is 83.4 Å². The molecular formula is C28H25N3O3S. The lowest BCUT2D eigenvalue weighted by molar-refractivity contribution is -0.117. The number of carbonyl (C=O) groups excluding carboxylic acids is 2. The molecule has 1 fully saturated rings. The van der Waals surface area contributed by atoms with Crippen LogP contribution in [-0.4, -0.2) is 24.2 Å². The highest BCUT2D eigenvalue weighted by atomic mass is 32.2. The van der Waals surface area contributed by atoms with E-state index in [4.69, 9.17) is 4.74 Å². The largest absolute Gasteiger partial charge is 0.497 e. The fraction of sp³-hybridized carbons (Fsp3) is 0.179. The maximum atomic E-state index is 13.6. The van der Waals surface area contributed by atoms with Gasteiger partial charge in [-0.15, -0.1) is 0 Å². The van der Waals surface area contributed by atoms with Gasteiger partial charge in [0.1, 0.15) is 22.4 Å². The molecule has 3 aromatic rings. The Morgan fingerprint density at radius 3 is 2.49 bits per heavy atom. The Hall–Kier alpha value is -4.02. The predicted octanol–water partition coefficient (Wildman–Crippen LogP) is 5.38. The smallest absolute Gasteiger partial charge is 0.269 e. The van der Waals surface area contributed by atoms with E-state index in [9.17, 15) is 14.9 Å². The molecule has 1 saturated heterocycles. The molecule has 1 aliphatic heterocycles. The number of nitrogens with zero attached hydrogens (tertiary/aromatic N) is 2. The number of aryl methyl sites for hydroxylation is 2. The first-order chi connectivity index (χ1) is 16.9. The number of rotatable bonds is 6. The summed E-state index contributed by atoms with van der Waals surface area (Å²) in [5.74, 6) is 0.0316. The van der Waals surface area contributed by atoms with E-state index in [1.54, 1.807) is 13.2 Å². The van der Waals surface area contributed by atoms with E-state index in [0.29, 0.717) is 22.8 Å². The van der Waals surface area contributed by atoms with Gasteiger partial charge in [0, 0.05) is 5.69 Å². The Kier molecular flexibility index (Phi) is 7.23. The van der Waals surface area contributed by atoms with Crippen molar-refractivity contribution in [1.82, 2.24) is 0 Å². The average molecular weight is 484 g/mol. The summed E-state index contributed by atoms with van der Waals surface area (Å²) >= 11 is 1.25. The summed E-state index contributed by atoms with van der Waals surface area (Å²) in [6, 6.07) is 24.4. The van der Waals surface area contributed by atoms with Crippen LogP contribution < -0.4 is 15.0 Å². The molecule has 0 spiro atoms. The Morgan fingerprint density at radius 2 is 1.83 bits per heavy atom. The molecule has 35 heavy (non-hydrogen) atoms. The molecule has 6 nitrogen and oxygen atoms in total. The third-order valence-electron chi connectivity index (χ3n) is 5.72. The van der Waals surface area contributed by atoms with Crippen molar-refractivity contribution in [3.05, 3.63) is 100 Å². The third kappa shape index (κ3) is 5.23. The van der Waals surface area contributed by atoms with E-state index >= 15 is 0 Å². The van der Waals surface area contributed by atoms with Gasteiger partial charge in [-0.3, -0.25) is 14.5 Å². The molecule has 176 valence electrons. The van der Waals surface area contributed by atoms with E-state index in [0.717, 1.165) is 22.4 Å². The Labute approximate surface area is 209 Å². The van der Waals surface area contributed by atoms with Gasteiger partial charge in [-0.05, 0) is 67.3 Å². The summed E-state index contributed by atoms with van der Waals surface area (Å²) < 4.78 is 5.23. The van der Waals surface area contributed by atoms with Crippen molar-refractivity contribution in [2.24, 2.45) is 0 Å². The highest BCUT2D eigenvalue weighted by molar-refractivity contribution is 8.05. The molecule has 1 atom stereocenters. The molecule has 0 aromatic heterocycles. The molecular weight excluding hydrogens is 458 g/mol. The predicted molar refractivity (Wildman–Crippen MR) is 139 cm³/mol. The number of anilines is 2. The zero-order valence-electron chi connectivity index (χ0n) is 19.7. The average Bonchev–Trinajstić information content (AvgIpc) is 3.15.